The van der Waals surface area contributed by atoms with Crippen LogP contribution in [0, 0.1) is 23.7 Å². The second-order valence-electron chi connectivity index (χ2n) is 11.9. The maximum atomic E-state index is 13.5. The van der Waals surface area contributed by atoms with Gasteiger partial charge in [-0.1, -0.05) is 54.9 Å². The topological polar surface area (TPSA) is 175 Å². The predicted octanol–water partition coefficient (Wildman–Crippen LogP) is 1.69. The maximum Gasteiger partial charge on any atom is 0.253 e. The van der Waals surface area contributed by atoms with E-state index in [4.69, 9.17) is 0 Å². The van der Waals surface area contributed by atoms with Crippen molar-refractivity contribution in [3.8, 4) is 0 Å². The van der Waals surface area contributed by atoms with Gasteiger partial charge in [0, 0.05) is 18.9 Å². The fraction of sp³-hybridized carbons (Fsp3) is 0.724. The first kappa shape index (κ1) is 36.5. The molecule has 234 valence electrons. The Morgan fingerprint density at radius 3 is 2.12 bits per heavy atom. The summed E-state index contributed by atoms with van der Waals surface area (Å²) in [5.41, 5.74) is 0.151. The summed E-state index contributed by atoms with van der Waals surface area (Å²) < 4.78 is 25.6. The van der Waals surface area contributed by atoms with Gasteiger partial charge in [0.25, 0.3) is 5.91 Å². The minimum absolute atomic E-state index is 0.0360. The van der Waals surface area contributed by atoms with Crippen LogP contribution in [-0.4, -0.2) is 83.7 Å². The molecule has 41 heavy (non-hydrogen) atoms. The monoisotopic (exact) mass is 598 g/mol. The van der Waals surface area contributed by atoms with E-state index in [0.717, 1.165) is 0 Å². The molecule has 5 atom stereocenters. The van der Waals surface area contributed by atoms with Crippen LogP contribution < -0.4 is 16.0 Å². The van der Waals surface area contributed by atoms with Crippen LogP contribution >= 0.6 is 0 Å². The number of hydrogen-bond acceptors (Lipinski definition) is 8. The van der Waals surface area contributed by atoms with E-state index in [0.29, 0.717) is 19.4 Å². The summed E-state index contributed by atoms with van der Waals surface area (Å²) in [6, 6.07) is 0.550. The number of unbranched alkanes of at least 4 members (excludes halogenated alkanes) is 1. The summed E-state index contributed by atoms with van der Waals surface area (Å²) in [7, 11) is -3.72. The molecule has 0 spiro atoms. The molecule has 1 aromatic rings. The summed E-state index contributed by atoms with van der Waals surface area (Å²) >= 11 is 0. The Hall–Kier alpha value is -2.57. The molecule has 3 amide bonds. The van der Waals surface area contributed by atoms with Crippen molar-refractivity contribution in [3.05, 3.63) is 30.1 Å². The van der Waals surface area contributed by atoms with Crippen molar-refractivity contribution in [2.75, 3.05) is 18.1 Å². The molecule has 0 radical (unpaired) electrons. The average molecular weight is 599 g/mol. The third-order valence-corrected chi connectivity index (χ3v) is 8.42. The van der Waals surface area contributed by atoms with E-state index in [1.807, 2.05) is 34.6 Å². The van der Waals surface area contributed by atoms with Crippen LogP contribution in [0.2, 0.25) is 0 Å². The molecule has 0 saturated heterocycles. The molecule has 5 N–H and O–H groups in total. The van der Waals surface area contributed by atoms with Crippen LogP contribution in [0.5, 0.6) is 0 Å². The van der Waals surface area contributed by atoms with Crippen LogP contribution in [0.15, 0.2) is 24.5 Å². The number of rotatable bonds is 18. The van der Waals surface area contributed by atoms with E-state index < -0.39 is 63.5 Å². The number of pyridine rings is 1. The SMILES string of the molecule is CCCCS(=O)(=O)CC(NC(=O)c1cccnc1)C(=O)NC(CC(C)C)C(O)C(O)C(C(=O)NCC(C)C)C(C)C. The smallest absolute Gasteiger partial charge is 0.253 e. The minimum atomic E-state index is -3.72. The van der Waals surface area contributed by atoms with Crippen LogP contribution in [0.25, 0.3) is 0 Å². The van der Waals surface area contributed by atoms with Gasteiger partial charge in [-0.25, -0.2) is 8.42 Å². The van der Waals surface area contributed by atoms with Crippen molar-refractivity contribution >= 4 is 27.6 Å². The molecule has 0 fully saturated rings. The van der Waals surface area contributed by atoms with E-state index >= 15 is 0 Å². The van der Waals surface area contributed by atoms with Crippen LogP contribution in [-0.2, 0) is 19.4 Å². The van der Waals surface area contributed by atoms with Gasteiger partial charge in [0.1, 0.15) is 12.1 Å². The van der Waals surface area contributed by atoms with Gasteiger partial charge in [-0.2, -0.15) is 0 Å². The zero-order chi connectivity index (χ0) is 31.3. The van der Waals surface area contributed by atoms with Gasteiger partial charge in [0.15, 0.2) is 9.84 Å². The highest BCUT2D eigenvalue weighted by Crippen LogP contribution is 2.23. The average Bonchev–Trinajstić information content (AvgIpc) is 2.89. The number of aliphatic hydroxyl groups is 2. The first-order valence-corrected chi connectivity index (χ1v) is 16.3. The third-order valence-electron chi connectivity index (χ3n) is 6.66. The number of aromatic nitrogens is 1. The van der Waals surface area contributed by atoms with Crippen molar-refractivity contribution in [2.45, 2.75) is 92.0 Å². The molecule has 0 aliphatic rings. The zero-order valence-electron chi connectivity index (χ0n) is 25.5. The highest BCUT2D eigenvalue weighted by atomic mass is 32.2. The highest BCUT2D eigenvalue weighted by Gasteiger charge is 2.39. The zero-order valence-corrected chi connectivity index (χ0v) is 26.3. The lowest BCUT2D eigenvalue weighted by Gasteiger charge is -2.35. The molecule has 1 aromatic heterocycles. The largest absolute Gasteiger partial charge is 0.390 e. The second-order valence-corrected chi connectivity index (χ2v) is 14.1. The van der Waals surface area contributed by atoms with Crippen molar-refractivity contribution in [1.82, 2.24) is 20.9 Å². The Morgan fingerprint density at radius 2 is 1.61 bits per heavy atom. The molecule has 0 aliphatic heterocycles. The van der Waals surface area contributed by atoms with Crippen LogP contribution in [0.3, 0.4) is 0 Å². The van der Waals surface area contributed by atoms with Gasteiger partial charge in [-0.05, 0) is 42.7 Å². The van der Waals surface area contributed by atoms with E-state index in [1.54, 1.807) is 19.9 Å². The van der Waals surface area contributed by atoms with Crippen molar-refractivity contribution in [2.24, 2.45) is 23.7 Å². The van der Waals surface area contributed by atoms with Gasteiger partial charge < -0.3 is 26.2 Å². The lowest BCUT2D eigenvalue weighted by molar-refractivity contribution is -0.137. The number of carbonyl (C=O) groups excluding carboxylic acids is 3. The molecule has 1 heterocycles. The molecule has 0 aromatic carbocycles. The Balaban J connectivity index is 3.27. The van der Waals surface area contributed by atoms with E-state index in [-0.39, 0.29) is 35.5 Å². The molecule has 11 nitrogen and oxygen atoms in total. The lowest BCUT2D eigenvalue weighted by atomic mass is 9.83. The molecule has 5 unspecified atom stereocenters. The van der Waals surface area contributed by atoms with Gasteiger partial charge in [-0.3, -0.25) is 19.4 Å². The Morgan fingerprint density at radius 1 is 0.951 bits per heavy atom. The summed E-state index contributed by atoms with van der Waals surface area (Å²) in [6.45, 7) is 13.4. The highest BCUT2D eigenvalue weighted by molar-refractivity contribution is 7.91. The molecular formula is C29H50N4O7S. The summed E-state index contributed by atoms with van der Waals surface area (Å²) in [5, 5.41) is 30.4. The Kier molecular flexibility index (Phi) is 15.5. The van der Waals surface area contributed by atoms with E-state index in [9.17, 15) is 33.0 Å². The van der Waals surface area contributed by atoms with Crippen molar-refractivity contribution in [1.29, 1.82) is 0 Å². The number of nitrogens with zero attached hydrogens (tertiary/aromatic N) is 1. The standard InChI is InChI=1S/C29H50N4O7S/c1-8-9-13-41(39,40)17-23(33-27(36)21-11-10-12-30-16-21)28(37)32-22(14-18(2)3)25(34)26(35)24(20(6)7)29(38)31-15-19(4)5/h10-12,16,18-20,22-26,34-35H,8-9,13-15,17H2,1-7H3,(H,31,38)(H,32,37)(H,33,36). The lowest BCUT2D eigenvalue weighted by Crippen LogP contribution is -2.58. The molecule has 0 aliphatic carbocycles. The molecule has 12 heteroatoms. The Bertz CT molecular complexity index is 1060. The Labute approximate surface area is 245 Å². The number of aliphatic hydroxyl groups excluding tert-OH is 2. The molecular weight excluding hydrogens is 548 g/mol. The predicted molar refractivity (Wildman–Crippen MR) is 159 cm³/mol. The fourth-order valence-electron chi connectivity index (χ4n) is 4.42. The van der Waals surface area contributed by atoms with E-state index in [2.05, 4.69) is 20.9 Å². The molecule has 0 bridgehead atoms. The maximum absolute atomic E-state index is 13.5. The third kappa shape index (κ3) is 12.9. The first-order chi connectivity index (χ1) is 19.1. The number of nitrogens with one attached hydrogen (secondary N) is 3. The van der Waals surface area contributed by atoms with Crippen LogP contribution in [0.1, 0.15) is 78.1 Å². The normalized spacial score (nSPS) is 15.7. The van der Waals surface area contributed by atoms with Crippen molar-refractivity contribution in [3.63, 3.8) is 0 Å². The second kappa shape index (κ2) is 17.4. The van der Waals surface area contributed by atoms with Crippen LogP contribution in [0.4, 0.5) is 0 Å². The minimum Gasteiger partial charge on any atom is -0.390 e. The molecule has 0 saturated carbocycles. The van der Waals surface area contributed by atoms with Gasteiger partial charge >= 0.3 is 0 Å². The summed E-state index contributed by atoms with van der Waals surface area (Å²) in [4.78, 5) is 43.2. The number of sulfone groups is 1. The number of hydrogen-bond donors (Lipinski definition) is 5. The molecule has 1 rings (SSSR count). The first-order valence-electron chi connectivity index (χ1n) is 14.4. The van der Waals surface area contributed by atoms with E-state index in [1.165, 1.54) is 18.5 Å². The van der Waals surface area contributed by atoms with Gasteiger partial charge in [-0.15, -0.1) is 0 Å². The fourth-order valence-corrected chi connectivity index (χ4v) is 6.06. The summed E-state index contributed by atoms with van der Waals surface area (Å²) in [6.07, 6.45) is 1.01. The summed E-state index contributed by atoms with van der Waals surface area (Å²) in [5.74, 6) is -3.79. The number of amides is 3. The quantitative estimate of drug-likeness (QED) is 0.170. The van der Waals surface area contributed by atoms with Crippen molar-refractivity contribution < 1.29 is 33.0 Å². The van der Waals surface area contributed by atoms with Gasteiger partial charge in [0.2, 0.25) is 11.8 Å². The van der Waals surface area contributed by atoms with Gasteiger partial charge in [0.05, 0.1) is 35.1 Å². The number of carbonyl (C=O) groups is 3.